The molecule has 0 heterocycles. The molecular formula is C4H14N4O16. The molecule has 20 heteroatoms. The molecule has 0 aliphatic carbocycles. The maximum Gasteiger partial charge on any atom is 0.291 e. The molecule has 0 aromatic heterocycles. The van der Waals surface area contributed by atoms with Gasteiger partial charge in [-0.15, -0.1) is 40.5 Å². The largest absolute Gasteiger partial charge is 0.394 e. The number of rotatable bonds is 3. The number of hydrogen-bond acceptors (Lipinski definition) is 12. The van der Waals surface area contributed by atoms with Gasteiger partial charge in [0, 0.05) is 0 Å². The zero-order valence-corrected chi connectivity index (χ0v) is 11.2. The summed E-state index contributed by atoms with van der Waals surface area (Å²) in [5, 5.41) is 87.7. The predicted molar refractivity (Wildman–Crippen MR) is 61.3 cm³/mol. The highest BCUT2D eigenvalue weighted by Crippen LogP contribution is 1.88. The summed E-state index contributed by atoms with van der Waals surface area (Å²) >= 11 is 0. The van der Waals surface area contributed by atoms with Gasteiger partial charge in [-0.1, -0.05) is 0 Å². The number of hydrogen-bond donors (Lipinski definition) is 8. The van der Waals surface area contributed by atoms with E-state index >= 15 is 0 Å². The summed E-state index contributed by atoms with van der Waals surface area (Å²) < 4.78 is 0. The van der Waals surface area contributed by atoms with E-state index in [1.807, 2.05) is 0 Å². The normalized spacial score (nSPS) is 10.0. The SMILES string of the molecule is O=[N+]([O-])O.O=[N+]([O-])O.O=[N+]([O-])O.O=[N+]([O-])O.OCC(O)C(O)CO. The first kappa shape index (κ1) is 32.5. The van der Waals surface area contributed by atoms with E-state index in [1.54, 1.807) is 0 Å². The lowest BCUT2D eigenvalue weighted by Gasteiger charge is -2.10. The summed E-state index contributed by atoms with van der Waals surface area (Å²) in [4.78, 5) is 33.4. The number of nitrogens with zero attached hydrogens (tertiary/aromatic N) is 4. The average Bonchev–Trinajstić information content (AvgIpc) is 2.34. The Bertz CT molecular complexity index is 262. The first-order valence-corrected chi connectivity index (χ1v) is 4.56. The van der Waals surface area contributed by atoms with Crippen LogP contribution in [0.4, 0.5) is 0 Å². The Kier molecular flexibility index (Phi) is 33.4. The maximum absolute atomic E-state index is 8.47. The molecule has 0 amide bonds. The van der Waals surface area contributed by atoms with Crippen LogP contribution in [-0.4, -0.2) is 87.0 Å². The molecule has 0 aliphatic rings. The predicted octanol–water partition coefficient (Wildman–Crippen LogP) is -3.70. The second-order valence-corrected chi connectivity index (χ2v) is 2.45. The Labute approximate surface area is 129 Å². The van der Waals surface area contributed by atoms with Crippen LogP contribution in [0, 0.1) is 40.5 Å². The van der Waals surface area contributed by atoms with Gasteiger partial charge in [0.25, 0.3) is 20.3 Å². The van der Waals surface area contributed by atoms with Gasteiger partial charge in [0.05, 0.1) is 13.2 Å². The zero-order valence-electron chi connectivity index (χ0n) is 11.2. The minimum Gasteiger partial charge on any atom is -0.394 e. The van der Waals surface area contributed by atoms with Gasteiger partial charge >= 0.3 is 0 Å². The quantitative estimate of drug-likeness (QED) is 0.174. The molecule has 0 aliphatic heterocycles. The smallest absolute Gasteiger partial charge is 0.291 e. The molecule has 2 atom stereocenters. The molecule has 20 nitrogen and oxygen atoms in total. The Balaban J connectivity index is -0.0000000657. The summed E-state index contributed by atoms with van der Waals surface area (Å²) in [6.45, 7) is -1.05. The highest BCUT2D eigenvalue weighted by molar-refractivity contribution is 4.62. The van der Waals surface area contributed by atoms with Crippen LogP contribution in [0.3, 0.4) is 0 Å². The van der Waals surface area contributed by atoms with Gasteiger partial charge in [-0.05, 0) is 0 Å². The lowest BCUT2D eigenvalue weighted by molar-refractivity contribution is -0.742. The van der Waals surface area contributed by atoms with Crippen LogP contribution in [-0.2, 0) is 0 Å². The van der Waals surface area contributed by atoms with Gasteiger partial charge in [0.15, 0.2) is 0 Å². The second-order valence-electron chi connectivity index (χ2n) is 2.45. The number of aliphatic hydroxyl groups excluding tert-OH is 4. The molecular weight excluding hydrogens is 360 g/mol. The van der Waals surface area contributed by atoms with Crippen LogP contribution < -0.4 is 0 Å². The molecule has 0 bridgehead atoms. The van der Waals surface area contributed by atoms with E-state index in [9.17, 15) is 0 Å². The molecule has 0 aromatic carbocycles. The summed E-state index contributed by atoms with van der Waals surface area (Å²) in [7, 11) is 0. The average molecular weight is 374 g/mol. The third-order valence-corrected chi connectivity index (χ3v) is 0.818. The molecule has 0 aromatic rings. The van der Waals surface area contributed by atoms with E-state index in [-0.39, 0.29) is 0 Å². The van der Waals surface area contributed by atoms with Crippen LogP contribution in [0.5, 0.6) is 0 Å². The first-order valence-electron chi connectivity index (χ1n) is 4.56. The summed E-state index contributed by atoms with van der Waals surface area (Å²) in [5.41, 5.74) is 0. The molecule has 24 heavy (non-hydrogen) atoms. The molecule has 0 saturated heterocycles. The van der Waals surface area contributed by atoms with E-state index in [1.165, 1.54) is 0 Å². The van der Waals surface area contributed by atoms with Gasteiger partial charge in [0.1, 0.15) is 12.2 Å². The Hall–Kier alpha value is -3.36. The van der Waals surface area contributed by atoms with Crippen LogP contribution in [0.2, 0.25) is 0 Å². The van der Waals surface area contributed by atoms with Crippen LogP contribution in [0.1, 0.15) is 0 Å². The summed E-state index contributed by atoms with van der Waals surface area (Å²) in [6.07, 6.45) is -2.44. The van der Waals surface area contributed by atoms with E-state index < -0.39 is 45.8 Å². The fraction of sp³-hybridized carbons (Fsp3) is 1.00. The first-order chi connectivity index (χ1) is 10.6. The molecule has 0 radical (unpaired) electrons. The van der Waals surface area contributed by atoms with Gasteiger partial charge in [0.2, 0.25) is 0 Å². The third-order valence-electron chi connectivity index (χ3n) is 0.818. The van der Waals surface area contributed by atoms with Crippen LogP contribution >= 0.6 is 0 Å². The monoisotopic (exact) mass is 374 g/mol. The van der Waals surface area contributed by atoms with E-state index in [4.69, 9.17) is 81.7 Å². The number of aliphatic hydroxyl groups is 4. The lowest BCUT2D eigenvalue weighted by Crippen LogP contribution is -2.31. The Morgan fingerprint density at radius 3 is 0.708 bits per heavy atom. The Morgan fingerprint density at radius 1 is 0.583 bits per heavy atom. The summed E-state index contributed by atoms with van der Waals surface area (Å²) in [6, 6.07) is 0. The van der Waals surface area contributed by atoms with Crippen molar-refractivity contribution in [3.63, 3.8) is 0 Å². The molecule has 0 spiro atoms. The van der Waals surface area contributed by atoms with Crippen molar-refractivity contribution in [1.82, 2.24) is 0 Å². The lowest BCUT2D eigenvalue weighted by atomic mass is 10.2. The van der Waals surface area contributed by atoms with Crippen molar-refractivity contribution in [3.05, 3.63) is 40.5 Å². The van der Waals surface area contributed by atoms with Crippen molar-refractivity contribution in [2.24, 2.45) is 0 Å². The van der Waals surface area contributed by atoms with Crippen molar-refractivity contribution < 1.29 is 61.6 Å². The second kappa shape index (κ2) is 24.6. The van der Waals surface area contributed by atoms with Crippen LogP contribution in [0.25, 0.3) is 0 Å². The third kappa shape index (κ3) is 269. The molecule has 146 valence electrons. The van der Waals surface area contributed by atoms with Crippen molar-refractivity contribution in [1.29, 1.82) is 0 Å². The highest BCUT2D eigenvalue weighted by Gasteiger charge is 2.12. The molecule has 0 rings (SSSR count). The van der Waals surface area contributed by atoms with Gasteiger partial charge < -0.3 is 41.3 Å². The van der Waals surface area contributed by atoms with E-state index in [0.717, 1.165) is 0 Å². The van der Waals surface area contributed by atoms with Crippen molar-refractivity contribution >= 4 is 0 Å². The molecule has 0 saturated carbocycles. The molecule has 8 N–H and O–H groups in total. The summed E-state index contributed by atoms with van der Waals surface area (Å²) in [5.74, 6) is 0. The van der Waals surface area contributed by atoms with Crippen molar-refractivity contribution in [2.45, 2.75) is 12.2 Å². The maximum atomic E-state index is 8.47. The minimum absolute atomic E-state index is 0.526. The van der Waals surface area contributed by atoms with Gasteiger partial charge in [-0.3, -0.25) is 0 Å². The van der Waals surface area contributed by atoms with E-state index in [2.05, 4.69) is 0 Å². The van der Waals surface area contributed by atoms with Crippen LogP contribution in [0.15, 0.2) is 0 Å². The highest BCUT2D eigenvalue weighted by atomic mass is 16.9. The van der Waals surface area contributed by atoms with Crippen molar-refractivity contribution in [2.75, 3.05) is 13.2 Å². The van der Waals surface area contributed by atoms with Gasteiger partial charge in [-0.2, -0.15) is 0 Å². The Morgan fingerprint density at radius 2 is 0.667 bits per heavy atom. The topological polar surface area (TPSA) is 334 Å². The fourth-order valence-electron chi connectivity index (χ4n) is 0.243. The fourth-order valence-corrected chi connectivity index (χ4v) is 0.243. The van der Waals surface area contributed by atoms with Gasteiger partial charge in [-0.25, -0.2) is 0 Å². The zero-order chi connectivity index (χ0) is 20.9. The molecule has 2 unspecified atom stereocenters. The molecule has 0 fully saturated rings. The van der Waals surface area contributed by atoms with E-state index in [0.29, 0.717) is 0 Å². The van der Waals surface area contributed by atoms with Crippen molar-refractivity contribution in [3.8, 4) is 0 Å². The minimum atomic E-state index is -1.50. The standard InChI is InChI=1S/C4H10O4.4HNO3/c5-1-3(7)4(8)2-6;4*2-1(3)4/h3-8H,1-2H2;4*(H,2,3,4).